The van der Waals surface area contributed by atoms with Crippen molar-refractivity contribution in [1.82, 2.24) is 5.32 Å². The highest BCUT2D eigenvalue weighted by molar-refractivity contribution is 5.22. The summed E-state index contributed by atoms with van der Waals surface area (Å²) in [5.41, 5.74) is 2.05. The number of hydrogen-bond acceptors (Lipinski definition) is 3. The smallest absolute Gasteiger partial charge is 0.167 e. The third kappa shape index (κ3) is 3.70. The quantitative estimate of drug-likeness (QED) is 0.903. The van der Waals surface area contributed by atoms with Crippen molar-refractivity contribution < 1.29 is 9.84 Å². The van der Waals surface area contributed by atoms with Crippen molar-refractivity contribution in [3.8, 4) is 0 Å². The van der Waals surface area contributed by atoms with Crippen LogP contribution in [0.15, 0.2) is 60.7 Å². The highest BCUT2D eigenvalue weighted by atomic mass is 16.6. The predicted octanol–water partition coefficient (Wildman–Crippen LogP) is 2.15. The average Bonchev–Trinajstić information content (AvgIpc) is 2.49. The lowest BCUT2D eigenvalue weighted by Gasteiger charge is -2.40. The van der Waals surface area contributed by atoms with Crippen LogP contribution in [0.5, 0.6) is 0 Å². The summed E-state index contributed by atoms with van der Waals surface area (Å²) in [6.07, 6.45) is 0.825. The maximum absolute atomic E-state index is 9.92. The highest BCUT2D eigenvalue weighted by Crippen LogP contribution is 2.26. The van der Waals surface area contributed by atoms with Crippen LogP contribution in [0.25, 0.3) is 0 Å². The minimum atomic E-state index is -0.744. The van der Waals surface area contributed by atoms with Crippen molar-refractivity contribution >= 4 is 0 Å². The van der Waals surface area contributed by atoms with Gasteiger partial charge in [-0.1, -0.05) is 60.7 Å². The summed E-state index contributed by atoms with van der Waals surface area (Å²) in [6.45, 7) is 1.24. The molecule has 0 bridgehead atoms. The third-order valence-corrected chi connectivity index (χ3v) is 3.89. The monoisotopic (exact) mass is 283 g/mol. The number of benzene rings is 2. The van der Waals surface area contributed by atoms with Crippen molar-refractivity contribution in [2.45, 2.75) is 24.7 Å². The summed E-state index contributed by atoms with van der Waals surface area (Å²) in [5, 5.41) is 13.2. The Balaban J connectivity index is 1.84. The van der Waals surface area contributed by atoms with Crippen LogP contribution in [0, 0.1) is 0 Å². The molecule has 1 unspecified atom stereocenters. The lowest BCUT2D eigenvalue weighted by Crippen LogP contribution is -2.56. The van der Waals surface area contributed by atoms with Crippen LogP contribution >= 0.6 is 0 Å². The maximum Gasteiger partial charge on any atom is 0.167 e. The molecule has 110 valence electrons. The molecule has 0 spiro atoms. The molecule has 2 aromatic rings. The second-order valence-corrected chi connectivity index (χ2v) is 5.71. The zero-order valence-electron chi connectivity index (χ0n) is 12.0. The first kappa shape index (κ1) is 14.3. The van der Waals surface area contributed by atoms with Crippen LogP contribution in [0.1, 0.15) is 11.1 Å². The fourth-order valence-electron chi connectivity index (χ4n) is 3.00. The summed E-state index contributed by atoms with van der Waals surface area (Å²) in [7, 11) is 0. The first-order valence-corrected chi connectivity index (χ1v) is 7.40. The zero-order valence-corrected chi connectivity index (χ0v) is 12.0. The molecule has 1 aliphatic rings. The van der Waals surface area contributed by atoms with Gasteiger partial charge in [0.2, 0.25) is 0 Å². The van der Waals surface area contributed by atoms with Gasteiger partial charge >= 0.3 is 0 Å². The third-order valence-electron chi connectivity index (χ3n) is 3.89. The van der Waals surface area contributed by atoms with Gasteiger partial charge in [0.25, 0.3) is 0 Å². The Labute approximate surface area is 125 Å². The minimum Gasteiger partial charge on any atom is -0.367 e. The Morgan fingerprint density at radius 3 is 1.95 bits per heavy atom. The lowest BCUT2D eigenvalue weighted by molar-refractivity contribution is -0.202. The van der Waals surface area contributed by atoms with Gasteiger partial charge in [-0.2, -0.15) is 0 Å². The second-order valence-electron chi connectivity index (χ2n) is 5.71. The van der Waals surface area contributed by atoms with E-state index in [-0.39, 0.29) is 0 Å². The van der Waals surface area contributed by atoms with E-state index in [9.17, 15) is 5.11 Å². The average molecular weight is 283 g/mol. The van der Waals surface area contributed by atoms with Crippen LogP contribution in [-0.2, 0) is 17.6 Å². The molecule has 1 heterocycles. The Morgan fingerprint density at radius 2 is 1.48 bits per heavy atom. The predicted molar refractivity (Wildman–Crippen MR) is 83.0 cm³/mol. The summed E-state index contributed by atoms with van der Waals surface area (Å²) in [6, 6.07) is 20.6. The van der Waals surface area contributed by atoms with Crippen LogP contribution < -0.4 is 5.32 Å². The number of aliphatic hydroxyl groups excluding tert-OH is 1. The number of rotatable bonds is 4. The van der Waals surface area contributed by atoms with Gasteiger partial charge < -0.3 is 15.2 Å². The zero-order chi connectivity index (χ0) is 14.5. The summed E-state index contributed by atoms with van der Waals surface area (Å²) in [5.74, 6) is 0. The van der Waals surface area contributed by atoms with Gasteiger partial charge in [0, 0.05) is 25.9 Å². The molecule has 2 aromatic carbocycles. The van der Waals surface area contributed by atoms with E-state index in [1.807, 2.05) is 36.4 Å². The van der Waals surface area contributed by atoms with E-state index in [2.05, 4.69) is 29.6 Å². The van der Waals surface area contributed by atoms with Crippen LogP contribution in [-0.4, -0.2) is 30.1 Å². The van der Waals surface area contributed by atoms with Gasteiger partial charge in [0.05, 0.1) is 5.60 Å². The summed E-state index contributed by atoms with van der Waals surface area (Å²) in [4.78, 5) is 0. The Morgan fingerprint density at radius 1 is 0.952 bits per heavy atom. The van der Waals surface area contributed by atoms with E-state index < -0.39 is 11.9 Å². The first-order chi connectivity index (χ1) is 10.3. The van der Waals surface area contributed by atoms with E-state index in [0.29, 0.717) is 6.54 Å². The number of hydrogen-bond donors (Lipinski definition) is 2. The van der Waals surface area contributed by atoms with Gasteiger partial charge in [-0.3, -0.25) is 0 Å². The van der Waals surface area contributed by atoms with Crippen molar-refractivity contribution in [3.63, 3.8) is 0 Å². The fraction of sp³-hybridized carbons (Fsp3) is 0.333. The molecule has 3 heteroatoms. The normalized spacial score (nSPS) is 21.1. The van der Waals surface area contributed by atoms with Crippen LogP contribution in [0.4, 0.5) is 0 Å². The molecule has 1 aliphatic heterocycles. The van der Waals surface area contributed by atoms with E-state index in [1.165, 1.54) is 11.1 Å². The second kappa shape index (κ2) is 6.39. The Hall–Kier alpha value is -1.68. The molecule has 1 saturated heterocycles. The van der Waals surface area contributed by atoms with E-state index in [1.54, 1.807) is 0 Å². The van der Waals surface area contributed by atoms with Gasteiger partial charge in [-0.05, 0) is 11.1 Å². The van der Waals surface area contributed by atoms with Crippen LogP contribution in [0.3, 0.4) is 0 Å². The molecule has 1 atom stereocenters. The lowest BCUT2D eigenvalue weighted by atomic mass is 9.86. The molecule has 3 rings (SSSR count). The van der Waals surface area contributed by atoms with Gasteiger partial charge in [0.15, 0.2) is 6.29 Å². The van der Waals surface area contributed by atoms with Gasteiger partial charge in [-0.15, -0.1) is 0 Å². The minimum absolute atomic E-state index is 0.402. The van der Waals surface area contributed by atoms with E-state index in [4.69, 9.17) is 4.74 Å². The topological polar surface area (TPSA) is 41.5 Å². The van der Waals surface area contributed by atoms with Crippen LogP contribution in [0.2, 0.25) is 0 Å². The van der Waals surface area contributed by atoms with Crippen molar-refractivity contribution in [2.24, 2.45) is 0 Å². The number of β-amino-alcohol motifs (C(OH)–C–C–N with tert-alkyl or cyclic N) is 1. The molecule has 3 nitrogen and oxygen atoms in total. The number of aliphatic hydroxyl groups is 1. The molecule has 0 amide bonds. The fourth-order valence-corrected chi connectivity index (χ4v) is 3.00. The Bertz CT molecular complexity index is 514. The van der Waals surface area contributed by atoms with E-state index in [0.717, 1.165) is 19.4 Å². The molecule has 2 N–H and O–H groups in total. The molecular formula is C18H21NO2. The van der Waals surface area contributed by atoms with Crippen molar-refractivity contribution in [3.05, 3.63) is 71.8 Å². The molecule has 1 fully saturated rings. The highest BCUT2D eigenvalue weighted by Gasteiger charge is 2.37. The SMILES string of the molecule is OC1CNCC(Cc2ccccc2)(Cc2ccccc2)O1. The molecule has 0 aliphatic carbocycles. The summed E-state index contributed by atoms with van der Waals surface area (Å²) >= 11 is 0. The van der Waals surface area contributed by atoms with Gasteiger partial charge in [-0.25, -0.2) is 0 Å². The number of nitrogens with one attached hydrogen (secondary N) is 1. The molecule has 0 aromatic heterocycles. The van der Waals surface area contributed by atoms with Crippen molar-refractivity contribution in [1.29, 1.82) is 0 Å². The molecule has 21 heavy (non-hydrogen) atoms. The molecule has 0 saturated carbocycles. The Kier molecular flexibility index (Phi) is 4.34. The molecular weight excluding hydrogens is 262 g/mol. The first-order valence-electron chi connectivity index (χ1n) is 7.40. The van der Waals surface area contributed by atoms with E-state index >= 15 is 0 Å². The van der Waals surface area contributed by atoms with Gasteiger partial charge in [0.1, 0.15) is 0 Å². The maximum atomic E-state index is 9.92. The largest absolute Gasteiger partial charge is 0.367 e. The number of ether oxygens (including phenoxy) is 1. The number of morpholine rings is 1. The molecule has 0 radical (unpaired) electrons. The van der Waals surface area contributed by atoms with Crippen molar-refractivity contribution in [2.75, 3.05) is 13.1 Å². The summed E-state index contributed by atoms with van der Waals surface area (Å²) < 4.78 is 5.97. The standard InChI is InChI=1S/C18H21NO2/c20-17-13-19-14-18(21-17,11-15-7-3-1-4-8-15)12-16-9-5-2-6-10-16/h1-10,17,19-20H,11-14H2.